The molecule has 0 atom stereocenters. The Morgan fingerprint density at radius 2 is 1.78 bits per heavy atom. The first-order chi connectivity index (χ1) is 13.0. The summed E-state index contributed by atoms with van der Waals surface area (Å²) < 4.78 is 10.9. The van der Waals surface area contributed by atoms with E-state index in [4.69, 9.17) is 14.5 Å². The van der Waals surface area contributed by atoms with Crippen molar-refractivity contribution in [2.24, 2.45) is 5.92 Å². The van der Waals surface area contributed by atoms with Crippen molar-refractivity contribution < 1.29 is 9.47 Å². The number of nitrogens with zero attached hydrogens (tertiary/aromatic N) is 3. The lowest BCUT2D eigenvalue weighted by molar-refractivity contribution is 0.353. The van der Waals surface area contributed by atoms with Gasteiger partial charge in [-0.1, -0.05) is 13.8 Å². The van der Waals surface area contributed by atoms with Gasteiger partial charge in [0.25, 0.3) is 0 Å². The highest BCUT2D eigenvalue weighted by atomic mass is 16.5. The quantitative estimate of drug-likeness (QED) is 0.799. The van der Waals surface area contributed by atoms with Gasteiger partial charge < -0.3 is 19.7 Å². The predicted octanol–water partition coefficient (Wildman–Crippen LogP) is 3.82. The number of ether oxygens (including phenoxy) is 2. The third-order valence-electron chi connectivity index (χ3n) is 4.89. The SMILES string of the molecule is COc1cc2c(cc1OC)CN(c1cc(C)nc(NCCC(C)C)n1)CC2. The largest absolute Gasteiger partial charge is 0.493 e. The zero-order valence-electron chi connectivity index (χ0n) is 17.0. The third kappa shape index (κ3) is 4.62. The van der Waals surface area contributed by atoms with E-state index < -0.39 is 0 Å². The van der Waals surface area contributed by atoms with Crippen molar-refractivity contribution >= 4 is 11.8 Å². The molecule has 0 unspecified atom stereocenters. The van der Waals surface area contributed by atoms with Gasteiger partial charge in [-0.15, -0.1) is 0 Å². The molecule has 2 aromatic rings. The van der Waals surface area contributed by atoms with Gasteiger partial charge in [0.1, 0.15) is 5.82 Å². The normalized spacial score (nSPS) is 13.5. The Hall–Kier alpha value is -2.50. The minimum Gasteiger partial charge on any atom is -0.493 e. The van der Waals surface area contributed by atoms with E-state index in [1.807, 2.05) is 6.92 Å². The Labute approximate surface area is 161 Å². The first-order valence-corrected chi connectivity index (χ1v) is 9.58. The summed E-state index contributed by atoms with van der Waals surface area (Å²) in [5.74, 6) is 3.90. The average Bonchev–Trinajstić information content (AvgIpc) is 2.65. The van der Waals surface area contributed by atoms with Crippen molar-refractivity contribution in [2.75, 3.05) is 37.5 Å². The van der Waals surface area contributed by atoms with E-state index in [2.05, 4.69) is 47.2 Å². The summed E-state index contributed by atoms with van der Waals surface area (Å²) in [4.78, 5) is 11.6. The first-order valence-electron chi connectivity index (χ1n) is 9.58. The highest BCUT2D eigenvalue weighted by Crippen LogP contribution is 2.34. The molecule has 0 spiro atoms. The van der Waals surface area contributed by atoms with Gasteiger partial charge in [-0.2, -0.15) is 4.98 Å². The van der Waals surface area contributed by atoms with Gasteiger partial charge in [0.05, 0.1) is 14.2 Å². The van der Waals surface area contributed by atoms with Crippen molar-refractivity contribution in [3.63, 3.8) is 0 Å². The summed E-state index contributed by atoms with van der Waals surface area (Å²) >= 11 is 0. The zero-order valence-corrected chi connectivity index (χ0v) is 17.0. The molecule has 0 saturated carbocycles. The molecule has 2 heterocycles. The topological polar surface area (TPSA) is 59.5 Å². The average molecular weight is 370 g/mol. The van der Waals surface area contributed by atoms with Crippen molar-refractivity contribution in [3.05, 3.63) is 35.0 Å². The van der Waals surface area contributed by atoms with E-state index in [-0.39, 0.29) is 0 Å². The highest BCUT2D eigenvalue weighted by molar-refractivity contribution is 5.53. The molecule has 1 N–H and O–H groups in total. The lowest BCUT2D eigenvalue weighted by Crippen LogP contribution is -2.31. The van der Waals surface area contributed by atoms with Gasteiger partial charge in [-0.05, 0) is 48.9 Å². The van der Waals surface area contributed by atoms with E-state index >= 15 is 0 Å². The number of hydrogen-bond acceptors (Lipinski definition) is 6. The molecular weight excluding hydrogens is 340 g/mol. The zero-order chi connectivity index (χ0) is 19.4. The smallest absolute Gasteiger partial charge is 0.224 e. The summed E-state index contributed by atoms with van der Waals surface area (Å²) in [6, 6.07) is 6.23. The fourth-order valence-electron chi connectivity index (χ4n) is 3.34. The fraction of sp³-hybridized carbons (Fsp3) is 0.524. The number of methoxy groups -OCH3 is 2. The molecule has 6 heteroatoms. The summed E-state index contributed by atoms with van der Waals surface area (Å²) in [5, 5.41) is 3.36. The van der Waals surface area contributed by atoms with E-state index in [0.29, 0.717) is 11.9 Å². The molecule has 0 bridgehead atoms. The minimum atomic E-state index is 0.660. The van der Waals surface area contributed by atoms with Gasteiger partial charge in [0.15, 0.2) is 11.5 Å². The number of aryl methyl sites for hydroxylation is 1. The maximum atomic E-state index is 5.47. The Kier molecular flexibility index (Phi) is 6.04. The Bertz CT molecular complexity index is 792. The van der Waals surface area contributed by atoms with Crippen LogP contribution in [0.5, 0.6) is 11.5 Å². The molecule has 6 nitrogen and oxygen atoms in total. The van der Waals surface area contributed by atoms with Crippen molar-refractivity contribution in [1.82, 2.24) is 9.97 Å². The summed E-state index contributed by atoms with van der Waals surface area (Å²) in [7, 11) is 3.35. The van der Waals surface area contributed by atoms with Crippen LogP contribution in [-0.4, -0.2) is 37.3 Å². The maximum absolute atomic E-state index is 5.47. The van der Waals surface area contributed by atoms with Crippen LogP contribution in [0.4, 0.5) is 11.8 Å². The van der Waals surface area contributed by atoms with Gasteiger partial charge >= 0.3 is 0 Å². The van der Waals surface area contributed by atoms with E-state index in [1.165, 1.54) is 11.1 Å². The van der Waals surface area contributed by atoms with Crippen LogP contribution in [0, 0.1) is 12.8 Å². The van der Waals surface area contributed by atoms with Crippen molar-refractivity contribution in [3.8, 4) is 11.5 Å². The molecule has 0 saturated heterocycles. The minimum absolute atomic E-state index is 0.660. The number of hydrogen-bond donors (Lipinski definition) is 1. The monoisotopic (exact) mass is 370 g/mol. The fourth-order valence-corrected chi connectivity index (χ4v) is 3.34. The summed E-state index contributed by atoms with van der Waals surface area (Å²) in [5.41, 5.74) is 3.54. The van der Waals surface area contributed by atoms with Crippen LogP contribution in [0.2, 0.25) is 0 Å². The van der Waals surface area contributed by atoms with Crippen LogP contribution in [0.1, 0.15) is 37.1 Å². The van der Waals surface area contributed by atoms with Gasteiger partial charge in [-0.3, -0.25) is 0 Å². The second-order valence-corrected chi connectivity index (χ2v) is 7.45. The summed E-state index contributed by atoms with van der Waals surface area (Å²) in [6.45, 7) is 9.07. The van der Waals surface area contributed by atoms with Gasteiger partial charge in [0.2, 0.25) is 5.95 Å². The number of nitrogens with one attached hydrogen (secondary N) is 1. The number of anilines is 2. The molecule has 1 aromatic carbocycles. The van der Waals surface area contributed by atoms with E-state index in [9.17, 15) is 0 Å². The van der Waals surface area contributed by atoms with Crippen LogP contribution in [-0.2, 0) is 13.0 Å². The number of rotatable bonds is 7. The second-order valence-electron chi connectivity index (χ2n) is 7.45. The molecule has 0 aliphatic carbocycles. The molecule has 3 rings (SSSR count). The first kappa shape index (κ1) is 19.3. The molecule has 1 aliphatic rings. The lowest BCUT2D eigenvalue weighted by Gasteiger charge is -2.30. The predicted molar refractivity (Wildman–Crippen MR) is 109 cm³/mol. The molecule has 1 aliphatic heterocycles. The Balaban J connectivity index is 1.79. The van der Waals surface area contributed by atoms with Crippen molar-refractivity contribution in [1.29, 1.82) is 0 Å². The number of aromatic nitrogens is 2. The molecule has 0 radical (unpaired) electrons. The van der Waals surface area contributed by atoms with Crippen LogP contribution in [0.25, 0.3) is 0 Å². The van der Waals surface area contributed by atoms with Gasteiger partial charge in [-0.25, -0.2) is 4.98 Å². The number of fused-ring (bicyclic) bond motifs is 1. The van der Waals surface area contributed by atoms with Crippen LogP contribution >= 0.6 is 0 Å². The molecule has 146 valence electrons. The summed E-state index contributed by atoms with van der Waals surface area (Å²) in [6.07, 6.45) is 2.06. The molecule has 0 amide bonds. The Morgan fingerprint density at radius 3 is 2.44 bits per heavy atom. The standard InChI is InChI=1S/C21H30N4O2/c1-14(2)6-8-22-21-23-15(3)10-20(24-21)25-9-7-16-11-18(26-4)19(27-5)12-17(16)13-25/h10-12,14H,6-9,13H2,1-5H3,(H,22,23,24). The van der Waals surface area contributed by atoms with Crippen LogP contribution < -0.4 is 19.7 Å². The maximum Gasteiger partial charge on any atom is 0.224 e. The van der Waals surface area contributed by atoms with Crippen molar-refractivity contribution in [2.45, 2.75) is 40.2 Å². The number of benzene rings is 1. The highest BCUT2D eigenvalue weighted by Gasteiger charge is 2.21. The molecule has 27 heavy (non-hydrogen) atoms. The van der Waals surface area contributed by atoms with E-state index in [0.717, 1.165) is 55.5 Å². The molecule has 0 fully saturated rings. The Morgan fingerprint density at radius 1 is 1.07 bits per heavy atom. The second kappa shape index (κ2) is 8.46. The van der Waals surface area contributed by atoms with Crippen LogP contribution in [0.15, 0.2) is 18.2 Å². The third-order valence-corrected chi connectivity index (χ3v) is 4.89. The lowest BCUT2D eigenvalue weighted by atomic mass is 9.99. The molecular formula is C21H30N4O2. The van der Waals surface area contributed by atoms with E-state index in [1.54, 1.807) is 14.2 Å². The van der Waals surface area contributed by atoms with Gasteiger partial charge in [0, 0.05) is 31.4 Å². The van der Waals surface area contributed by atoms with Crippen LogP contribution in [0.3, 0.4) is 0 Å². The molecule has 1 aromatic heterocycles.